The molecule has 0 heterocycles. The van der Waals surface area contributed by atoms with Crippen LogP contribution in [0.5, 0.6) is 0 Å². The fourth-order valence-corrected chi connectivity index (χ4v) is 4.76. The number of nitrogens with zero attached hydrogens (tertiary/aromatic N) is 3. The van der Waals surface area contributed by atoms with Crippen LogP contribution in [0.4, 0.5) is 5.69 Å². The highest BCUT2D eigenvalue weighted by Gasteiger charge is 2.33. The van der Waals surface area contributed by atoms with E-state index in [-0.39, 0.29) is 12.5 Å². The summed E-state index contributed by atoms with van der Waals surface area (Å²) in [5, 5.41) is 2.93. The minimum atomic E-state index is -3.95. The van der Waals surface area contributed by atoms with Crippen LogP contribution in [-0.2, 0) is 26.3 Å². The van der Waals surface area contributed by atoms with Crippen LogP contribution < -0.4 is 9.62 Å². The summed E-state index contributed by atoms with van der Waals surface area (Å²) in [5.74, 6) is -0.676. The minimum absolute atomic E-state index is 0.204. The maximum atomic E-state index is 13.8. The van der Waals surface area contributed by atoms with Crippen LogP contribution in [0.1, 0.15) is 44.2 Å². The van der Waals surface area contributed by atoms with Gasteiger partial charge in [-0.2, -0.15) is 12.7 Å². The number of unbranched alkanes of at least 4 members (excludes halogenated alkanes) is 1. The molecule has 1 atom stereocenters. The van der Waals surface area contributed by atoms with Crippen molar-refractivity contribution in [3.05, 3.63) is 65.7 Å². The summed E-state index contributed by atoms with van der Waals surface area (Å²) in [4.78, 5) is 28.4. The van der Waals surface area contributed by atoms with E-state index in [1.165, 1.54) is 19.0 Å². The van der Waals surface area contributed by atoms with Crippen molar-refractivity contribution in [3.8, 4) is 0 Å². The van der Waals surface area contributed by atoms with Crippen molar-refractivity contribution in [1.29, 1.82) is 0 Å². The molecule has 2 rings (SSSR count). The van der Waals surface area contributed by atoms with Gasteiger partial charge in [-0.15, -0.1) is 0 Å². The van der Waals surface area contributed by atoms with Crippen LogP contribution >= 0.6 is 0 Å². The maximum Gasteiger partial charge on any atom is 0.304 e. The van der Waals surface area contributed by atoms with Gasteiger partial charge in [-0.25, -0.2) is 4.31 Å². The van der Waals surface area contributed by atoms with Gasteiger partial charge < -0.3 is 10.2 Å². The standard InChI is InChI=1S/C26H38N4O4S/c1-6-8-18-27-26(32)24(7-2)29(19-22-15-13-12-14-21(22)3)25(31)20-30(35(33,34)28(4)5)23-16-10-9-11-17-23/h9-17,24H,6-8,18-20H2,1-5H3,(H,27,32). The first-order valence-corrected chi connectivity index (χ1v) is 13.4. The summed E-state index contributed by atoms with van der Waals surface area (Å²) in [6, 6.07) is 15.5. The summed E-state index contributed by atoms with van der Waals surface area (Å²) in [6.07, 6.45) is 2.19. The first-order valence-electron chi connectivity index (χ1n) is 12.0. The highest BCUT2D eigenvalue weighted by molar-refractivity contribution is 7.90. The van der Waals surface area contributed by atoms with Crippen molar-refractivity contribution in [2.75, 3.05) is 31.5 Å². The number of aryl methyl sites for hydroxylation is 1. The quantitative estimate of drug-likeness (QED) is 0.426. The van der Waals surface area contributed by atoms with E-state index in [2.05, 4.69) is 5.32 Å². The monoisotopic (exact) mass is 502 g/mol. The van der Waals surface area contributed by atoms with Crippen molar-refractivity contribution in [3.63, 3.8) is 0 Å². The second-order valence-corrected chi connectivity index (χ2v) is 10.7. The van der Waals surface area contributed by atoms with E-state index in [9.17, 15) is 18.0 Å². The summed E-state index contributed by atoms with van der Waals surface area (Å²) in [5.41, 5.74) is 2.28. The Bertz CT molecular complexity index is 1070. The maximum absolute atomic E-state index is 13.8. The molecule has 0 radical (unpaired) electrons. The molecule has 0 saturated heterocycles. The SMILES string of the molecule is CCCCNC(=O)C(CC)N(Cc1ccccc1C)C(=O)CN(c1ccccc1)S(=O)(=O)N(C)C. The third-order valence-corrected chi connectivity index (χ3v) is 7.70. The number of nitrogens with one attached hydrogen (secondary N) is 1. The second kappa shape index (κ2) is 13.3. The third kappa shape index (κ3) is 7.53. The van der Waals surface area contributed by atoms with E-state index in [4.69, 9.17) is 0 Å². The largest absolute Gasteiger partial charge is 0.354 e. The summed E-state index contributed by atoms with van der Waals surface area (Å²) in [6.45, 7) is 6.16. The Morgan fingerprint density at radius 2 is 1.60 bits per heavy atom. The van der Waals surface area contributed by atoms with Gasteiger partial charge in [-0.3, -0.25) is 9.59 Å². The van der Waals surface area contributed by atoms with E-state index >= 15 is 0 Å². The number of anilines is 1. The molecule has 2 aromatic rings. The molecule has 2 aromatic carbocycles. The average molecular weight is 503 g/mol. The Balaban J connectivity index is 2.45. The molecule has 0 aromatic heterocycles. The normalized spacial score (nSPS) is 12.3. The molecule has 1 unspecified atom stereocenters. The molecule has 35 heavy (non-hydrogen) atoms. The lowest BCUT2D eigenvalue weighted by atomic mass is 10.1. The fraction of sp³-hybridized carbons (Fsp3) is 0.462. The van der Waals surface area contributed by atoms with E-state index in [0.29, 0.717) is 18.7 Å². The van der Waals surface area contributed by atoms with Crippen LogP contribution in [0.25, 0.3) is 0 Å². The number of hydrogen-bond donors (Lipinski definition) is 1. The molecule has 1 N–H and O–H groups in total. The Hall–Kier alpha value is -2.91. The van der Waals surface area contributed by atoms with Gasteiger partial charge in [0.2, 0.25) is 11.8 Å². The second-order valence-electron chi connectivity index (χ2n) is 8.65. The van der Waals surface area contributed by atoms with Gasteiger partial charge in [0.05, 0.1) is 5.69 Å². The molecule has 0 bridgehead atoms. The Labute approximate surface area is 210 Å². The molecule has 0 aliphatic carbocycles. The number of para-hydroxylation sites is 1. The van der Waals surface area contributed by atoms with Gasteiger partial charge in [-0.05, 0) is 43.0 Å². The molecule has 0 spiro atoms. The zero-order valence-electron chi connectivity index (χ0n) is 21.4. The lowest BCUT2D eigenvalue weighted by Crippen LogP contribution is -2.53. The van der Waals surface area contributed by atoms with Crippen molar-refractivity contribution >= 4 is 27.7 Å². The van der Waals surface area contributed by atoms with E-state index in [1.54, 1.807) is 30.3 Å². The molecule has 8 nitrogen and oxygen atoms in total. The predicted molar refractivity (Wildman–Crippen MR) is 140 cm³/mol. The number of rotatable bonds is 13. The summed E-state index contributed by atoms with van der Waals surface area (Å²) < 4.78 is 28.5. The first kappa shape index (κ1) is 28.3. The Morgan fingerprint density at radius 1 is 0.971 bits per heavy atom. The highest BCUT2D eigenvalue weighted by Crippen LogP contribution is 2.21. The lowest BCUT2D eigenvalue weighted by molar-refractivity contribution is -0.140. The van der Waals surface area contributed by atoms with Crippen molar-refractivity contribution in [2.24, 2.45) is 0 Å². The molecular weight excluding hydrogens is 464 g/mol. The molecule has 0 aliphatic heterocycles. The number of amides is 2. The zero-order chi connectivity index (χ0) is 26.0. The Kier molecular flexibility index (Phi) is 10.7. The predicted octanol–water partition coefficient (Wildman–Crippen LogP) is 3.33. The number of benzene rings is 2. The van der Waals surface area contributed by atoms with Crippen molar-refractivity contribution in [2.45, 2.75) is 52.6 Å². The summed E-state index contributed by atoms with van der Waals surface area (Å²) in [7, 11) is -1.10. The minimum Gasteiger partial charge on any atom is -0.354 e. The van der Waals surface area contributed by atoms with E-state index < -0.39 is 28.7 Å². The van der Waals surface area contributed by atoms with Crippen molar-refractivity contribution < 1.29 is 18.0 Å². The van der Waals surface area contributed by atoms with Crippen LogP contribution in [-0.4, -0.2) is 62.7 Å². The van der Waals surface area contributed by atoms with Gasteiger partial charge in [0, 0.05) is 27.2 Å². The van der Waals surface area contributed by atoms with Gasteiger partial charge in [0.15, 0.2) is 0 Å². The van der Waals surface area contributed by atoms with Gasteiger partial charge in [0.1, 0.15) is 12.6 Å². The van der Waals surface area contributed by atoms with Crippen LogP contribution in [0.3, 0.4) is 0 Å². The fourth-order valence-electron chi connectivity index (χ4n) is 3.71. The smallest absolute Gasteiger partial charge is 0.304 e. The number of carbonyl (C=O) groups is 2. The van der Waals surface area contributed by atoms with Crippen LogP contribution in [0.2, 0.25) is 0 Å². The number of hydrogen-bond acceptors (Lipinski definition) is 4. The number of carbonyl (C=O) groups excluding carboxylic acids is 2. The molecule has 2 amide bonds. The van der Waals surface area contributed by atoms with E-state index in [1.807, 2.05) is 45.0 Å². The van der Waals surface area contributed by atoms with Gasteiger partial charge >= 0.3 is 10.2 Å². The van der Waals surface area contributed by atoms with Crippen LogP contribution in [0.15, 0.2) is 54.6 Å². The van der Waals surface area contributed by atoms with Crippen LogP contribution in [0, 0.1) is 6.92 Å². The molecular formula is C26H38N4O4S. The summed E-state index contributed by atoms with van der Waals surface area (Å²) >= 11 is 0. The topological polar surface area (TPSA) is 90.0 Å². The Morgan fingerprint density at radius 3 is 2.17 bits per heavy atom. The third-order valence-electron chi connectivity index (χ3n) is 5.88. The molecule has 0 fully saturated rings. The lowest BCUT2D eigenvalue weighted by Gasteiger charge is -2.34. The van der Waals surface area contributed by atoms with E-state index in [0.717, 1.165) is 32.6 Å². The van der Waals surface area contributed by atoms with Crippen molar-refractivity contribution in [1.82, 2.24) is 14.5 Å². The zero-order valence-corrected chi connectivity index (χ0v) is 22.2. The first-order chi connectivity index (χ1) is 16.6. The van der Waals surface area contributed by atoms with Gasteiger partial charge in [-0.1, -0.05) is 62.7 Å². The molecule has 9 heteroatoms. The van der Waals surface area contributed by atoms with Gasteiger partial charge in [0.25, 0.3) is 0 Å². The molecule has 0 saturated carbocycles. The molecule has 0 aliphatic rings. The molecule has 192 valence electrons. The highest BCUT2D eigenvalue weighted by atomic mass is 32.2. The average Bonchev–Trinajstić information content (AvgIpc) is 2.83.